The van der Waals surface area contributed by atoms with Crippen molar-refractivity contribution in [3.8, 4) is 11.5 Å². The van der Waals surface area contributed by atoms with E-state index in [0.717, 1.165) is 30.0 Å². The van der Waals surface area contributed by atoms with Crippen LogP contribution in [0.4, 0.5) is 0 Å². The van der Waals surface area contributed by atoms with Gasteiger partial charge in [-0.2, -0.15) is 11.8 Å². The molecule has 1 heterocycles. The van der Waals surface area contributed by atoms with Crippen LogP contribution in [0.3, 0.4) is 0 Å². The van der Waals surface area contributed by atoms with Gasteiger partial charge in [-0.1, -0.05) is 24.6 Å². The molecule has 0 aliphatic heterocycles. The van der Waals surface area contributed by atoms with Gasteiger partial charge in [-0.05, 0) is 32.0 Å². The molecule has 4 heteroatoms. The highest BCUT2D eigenvalue weighted by Crippen LogP contribution is 2.23. The summed E-state index contributed by atoms with van der Waals surface area (Å²) in [5.41, 5.74) is 8.80. The van der Waals surface area contributed by atoms with E-state index < -0.39 is 0 Å². The molecule has 2 rings (SSSR count). The zero-order chi connectivity index (χ0) is 13.7. The molecule has 102 valence electrons. The smallest absolute Gasteiger partial charge is 0.226 e. The molecule has 0 fully saturated rings. The van der Waals surface area contributed by atoms with Crippen LogP contribution in [0.2, 0.25) is 0 Å². The largest absolute Gasteiger partial charge is 0.444 e. The Hall–Kier alpha value is -1.26. The molecule has 3 nitrogen and oxygen atoms in total. The molecule has 1 aromatic carbocycles. The number of benzene rings is 1. The zero-order valence-corrected chi connectivity index (χ0v) is 12.2. The normalized spacial score (nSPS) is 12.6. The van der Waals surface area contributed by atoms with Gasteiger partial charge in [0.15, 0.2) is 0 Å². The first-order chi connectivity index (χ1) is 9.19. The molecule has 0 aliphatic carbocycles. The van der Waals surface area contributed by atoms with Crippen molar-refractivity contribution in [3.63, 3.8) is 0 Å². The number of hydrogen-bond donors (Lipinski definition) is 1. The molecule has 0 amide bonds. The predicted octanol–water partition coefficient (Wildman–Crippen LogP) is 3.62. The van der Waals surface area contributed by atoms with Gasteiger partial charge in [0.05, 0.1) is 5.69 Å². The van der Waals surface area contributed by atoms with E-state index in [1.165, 1.54) is 5.56 Å². The average Bonchev–Trinajstić information content (AvgIpc) is 2.86. The van der Waals surface area contributed by atoms with E-state index in [4.69, 9.17) is 10.2 Å². The van der Waals surface area contributed by atoms with Crippen molar-refractivity contribution in [2.45, 2.75) is 31.3 Å². The lowest BCUT2D eigenvalue weighted by atomic mass is 10.1. The summed E-state index contributed by atoms with van der Waals surface area (Å²) in [5.74, 6) is 1.57. The second kappa shape index (κ2) is 6.78. The Morgan fingerprint density at radius 3 is 2.74 bits per heavy atom. The summed E-state index contributed by atoms with van der Waals surface area (Å²) >= 11 is 1.86. The Balaban J connectivity index is 1.97. The molecule has 0 aliphatic rings. The minimum Gasteiger partial charge on any atom is -0.444 e. The van der Waals surface area contributed by atoms with E-state index in [1.54, 1.807) is 6.26 Å². The van der Waals surface area contributed by atoms with Gasteiger partial charge in [-0.15, -0.1) is 0 Å². The first-order valence-electron chi connectivity index (χ1n) is 6.52. The maximum atomic E-state index is 5.54. The van der Waals surface area contributed by atoms with Crippen LogP contribution >= 0.6 is 11.8 Å². The van der Waals surface area contributed by atoms with Crippen LogP contribution in [-0.2, 0) is 5.75 Å². The van der Waals surface area contributed by atoms with Gasteiger partial charge in [-0.25, -0.2) is 4.98 Å². The van der Waals surface area contributed by atoms with Crippen molar-refractivity contribution >= 4 is 11.8 Å². The van der Waals surface area contributed by atoms with Gasteiger partial charge < -0.3 is 10.2 Å². The first-order valence-corrected chi connectivity index (χ1v) is 7.57. The fraction of sp³-hybridized carbons (Fsp3) is 0.400. The van der Waals surface area contributed by atoms with Gasteiger partial charge in [-0.3, -0.25) is 0 Å². The molecule has 0 radical (unpaired) electrons. The summed E-state index contributed by atoms with van der Waals surface area (Å²) in [6.45, 7) is 5.00. The Bertz CT molecular complexity index is 507. The number of nitrogens with zero attached hydrogens (tertiary/aromatic N) is 1. The molecule has 19 heavy (non-hydrogen) atoms. The lowest BCUT2D eigenvalue weighted by Crippen LogP contribution is -2.07. The molecule has 0 bridgehead atoms. The Morgan fingerprint density at radius 1 is 1.32 bits per heavy atom. The minimum absolute atomic E-state index is 0.560. The molecule has 0 spiro atoms. The number of rotatable bonds is 6. The lowest BCUT2D eigenvalue weighted by molar-refractivity contribution is 0.573. The van der Waals surface area contributed by atoms with E-state index in [0.29, 0.717) is 11.1 Å². The lowest BCUT2D eigenvalue weighted by Gasteiger charge is -2.07. The van der Waals surface area contributed by atoms with Crippen molar-refractivity contribution in [2.75, 3.05) is 6.54 Å². The molecule has 0 saturated heterocycles. The molecule has 1 aromatic heterocycles. The Labute approximate surface area is 118 Å². The number of nitrogens with two attached hydrogens (primary N) is 1. The molecule has 1 atom stereocenters. The summed E-state index contributed by atoms with van der Waals surface area (Å²) in [5, 5.41) is 0.560. The van der Waals surface area contributed by atoms with E-state index in [2.05, 4.69) is 31.0 Å². The summed E-state index contributed by atoms with van der Waals surface area (Å²) in [6, 6.07) is 8.21. The second-order valence-corrected chi connectivity index (χ2v) is 6.14. The van der Waals surface area contributed by atoms with Crippen molar-refractivity contribution in [3.05, 3.63) is 41.8 Å². The van der Waals surface area contributed by atoms with Crippen LogP contribution in [0.15, 0.2) is 34.9 Å². The van der Waals surface area contributed by atoms with Crippen molar-refractivity contribution < 1.29 is 4.42 Å². The minimum atomic E-state index is 0.560. The first kappa shape index (κ1) is 14.2. The number of oxazole rings is 1. The van der Waals surface area contributed by atoms with Gasteiger partial charge >= 0.3 is 0 Å². The van der Waals surface area contributed by atoms with E-state index >= 15 is 0 Å². The third-order valence-electron chi connectivity index (χ3n) is 2.94. The Morgan fingerprint density at radius 2 is 2.05 bits per heavy atom. The van der Waals surface area contributed by atoms with Crippen LogP contribution < -0.4 is 5.73 Å². The molecular formula is C15H20N2OS. The zero-order valence-electron chi connectivity index (χ0n) is 11.4. The summed E-state index contributed by atoms with van der Waals surface area (Å²) in [7, 11) is 0. The fourth-order valence-electron chi connectivity index (χ4n) is 1.75. The molecule has 1 unspecified atom stereocenters. The quantitative estimate of drug-likeness (QED) is 0.875. The van der Waals surface area contributed by atoms with Crippen LogP contribution in [0.1, 0.15) is 24.6 Å². The summed E-state index contributed by atoms with van der Waals surface area (Å²) < 4.78 is 5.53. The van der Waals surface area contributed by atoms with Crippen molar-refractivity contribution in [1.82, 2.24) is 4.98 Å². The third kappa shape index (κ3) is 4.11. The van der Waals surface area contributed by atoms with Gasteiger partial charge in [0.25, 0.3) is 0 Å². The Kier molecular flexibility index (Phi) is 5.05. The maximum Gasteiger partial charge on any atom is 0.226 e. The number of aromatic nitrogens is 1. The molecular weight excluding hydrogens is 256 g/mol. The number of aryl methyl sites for hydroxylation is 1. The average molecular weight is 276 g/mol. The maximum absolute atomic E-state index is 5.54. The van der Waals surface area contributed by atoms with E-state index in [9.17, 15) is 0 Å². The second-order valence-electron chi connectivity index (χ2n) is 4.71. The van der Waals surface area contributed by atoms with Crippen LogP contribution in [0.25, 0.3) is 11.5 Å². The van der Waals surface area contributed by atoms with Crippen molar-refractivity contribution in [1.29, 1.82) is 0 Å². The van der Waals surface area contributed by atoms with Gasteiger partial charge in [0, 0.05) is 16.6 Å². The highest BCUT2D eigenvalue weighted by Gasteiger charge is 2.08. The fourth-order valence-corrected chi connectivity index (χ4v) is 2.64. The molecule has 0 saturated carbocycles. The van der Waals surface area contributed by atoms with E-state index in [-0.39, 0.29) is 0 Å². The SMILES string of the molecule is Cc1ccc(-c2nc(CSC(C)CCN)co2)cc1. The number of thioether (sulfide) groups is 1. The highest BCUT2D eigenvalue weighted by molar-refractivity contribution is 7.99. The van der Waals surface area contributed by atoms with Gasteiger partial charge in [0.1, 0.15) is 6.26 Å². The topological polar surface area (TPSA) is 52.0 Å². The predicted molar refractivity (Wildman–Crippen MR) is 81.1 cm³/mol. The summed E-state index contributed by atoms with van der Waals surface area (Å²) in [6.07, 6.45) is 2.78. The molecule has 2 aromatic rings. The van der Waals surface area contributed by atoms with Crippen LogP contribution in [-0.4, -0.2) is 16.8 Å². The monoisotopic (exact) mass is 276 g/mol. The molecule has 2 N–H and O–H groups in total. The highest BCUT2D eigenvalue weighted by atomic mass is 32.2. The third-order valence-corrected chi connectivity index (χ3v) is 4.21. The standard InChI is InChI=1S/C15H20N2OS/c1-11-3-5-13(6-4-11)15-17-14(9-18-15)10-19-12(2)7-8-16/h3-6,9,12H,7-8,10,16H2,1-2H3. The summed E-state index contributed by atoms with van der Waals surface area (Å²) in [4.78, 5) is 4.52. The number of hydrogen-bond acceptors (Lipinski definition) is 4. The van der Waals surface area contributed by atoms with Crippen LogP contribution in [0.5, 0.6) is 0 Å². The van der Waals surface area contributed by atoms with Crippen LogP contribution in [0, 0.1) is 6.92 Å². The van der Waals surface area contributed by atoms with Crippen molar-refractivity contribution in [2.24, 2.45) is 5.73 Å². The van der Waals surface area contributed by atoms with E-state index in [1.807, 2.05) is 23.9 Å². The van der Waals surface area contributed by atoms with Gasteiger partial charge in [0.2, 0.25) is 5.89 Å².